The molecule has 0 saturated carbocycles. The van der Waals surface area contributed by atoms with Gasteiger partial charge in [0.1, 0.15) is 0 Å². The Labute approximate surface area is 115 Å². The van der Waals surface area contributed by atoms with E-state index in [2.05, 4.69) is 24.1 Å². The molecule has 0 bridgehead atoms. The van der Waals surface area contributed by atoms with Crippen molar-refractivity contribution in [2.24, 2.45) is 11.7 Å². The third kappa shape index (κ3) is 2.85. The van der Waals surface area contributed by atoms with Crippen molar-refractivity contribution in [1.29, 1.82) is 0 Å². The number of nitrogens with two attached hydrogens (primary N) is 1. The Hall–Kier alpha value is -1.26. The fourth-order valence-corrected chi connectivity index (χ4v) is 3.07. The Morgan fingerprint density at radius 3 is 2.63 bits per heavy atom. The first-order valence-electron chi connectivity index (χ1n) is 6.83. The van der Waals surface area contributed by atoms with Crippen LogP contribution in [-0.2, 0) is 0 Å². The Morgan fingerprint density at radius 2 is 2.00 bits per heavy atom. The second-order valence-electron chi connectivity index (χ2n) is 5.18. The van der Waals surface area contributed by atoms with E-state index in [1.165, 1.54) is 18.4 Å². The van der Waals surface area contributed by atoms with Crippen molar-refractivity contribution in [1.82, 2.24) is 4.90 Å². The Bertz CT molecular complexity index is 423. The number of ether oxygens (including phenoxy) is 2. The zero-order chi connectivity index (χ0) is 13.8. The van der Waals surface area contributed by atoms with Gasteiger partial charge in [-0.25, -0.2) is 0 Å². The molecule has 2 atom stereocenters. The van der Waals surface area contributed by atoms with Crippen LogP contribution in [0, 0.1) is 5.92 Å². The summed E-state index contributed by atoms with van der Waals surface area (Å²) in [5, 5.41) is 0. The van der Waals surface area contributed by atoms with Crippen LogP contribution in [0.25, 0.3) is 0 Å². The van der Waals surface area contributed by atoms with Crippen molar-refractivity contribution < 1.29 is 9.47 Å². The molecule has 0 aliphatic carbocycles. The number of likely N-dealkylation sites (tertiary alicyclic amines) is 1. The fraction of sp³-hybridized carbons (Fsp3) is 0.600. The molecule has 1 fully saturated rings. The average Bonchev–Trinajstić information content (AvgIpc) is 2.46. The molecule has 2 rings (SSSR count). The van der Waals surface area contributed by atoms with Crippen LogP contribution in [0.2, 0.25) is 0 Å². The van der Waals surface area contributed by atoms with Gasteiger partial charge in [0.05, 0.1) is 14.2 Å². The molecule has 1 aliphatic rings. The van der Waals surface area contributed by atoms with Gasteiger partial charge in [-0.2, -0.15) is 0 Å². The van der Waals surface area contributed by atoms with Crippen LogP contribution in [-0.4, -0.2) is 39.3 Å². The number of methoxy groups -OCH3 is 2. The van der Waals surface area contributed by atoms with Crippen LogP contribution < -0.4 is 15.2 Å². The van der Waals surface area contributed by atoms with Crippen LogP contribution in [0.15, 0.2) is 18.2 Å². The maximum Gasteiger partial charge on any atom is 0.161 e. The Kier molecular flexibility index (Phi) is 4.66. The summed E-state index contributed by atoms with van der Waals surface area (Å²) >= 11 is 0. The molecule has 0 spiro atoms. The van der Waals surface area contributed by atoms with E-state index in [1.54, 1.807) is 14.2 Å². The zero-order valence-electron chi connectivity index (χ0n) is 12.1. The molecule has 19 heavy (non-hydrogen) atoms. The lowest BCUT2D eigenvalue weighted by molar-refractivity contribution is 0.125. The van der Waals surface area contributed by atoms with Gasteiger partial charge in [0.25, 0.3) is 0 Å². The highest BCUT2D eigenvalue weighted by Crippen LogP contribution is 2.38. The fourth-order valence-electron chi connectivity index (χ4n) is 3.07. The van der Waals surface area contributed by atoms with E-state index < -0.39 is 0 Å². The van der Waals surface area contributed by atoms with E-state index in [-0.39, 0.29) is 0 Å². The monoisotopic (exact) mass is 264 g/mol. The molecule has 0 aromatic heterocycles. The van der Waals surface area contributed by atoms with Crippen molar-refractivity contribution in [2.45, 2.75) is 18.9 Å². The summed E-state index contributed by atoms with van der Waals surface area (Å²) < 4.78 is 10.7. The molecule has 4 nitrogen and oxygen atoms in total. The third-order valence-electron chi connectivity index (χ3n) is 4.06. The molecule has 1 aromatic rings. The number of rotatable bonds is 4. The van der Waals surface area contributed by atoms with Crippen molar-refractivity contribution >= 4 is 0 Å². The van der Waals surface area contributed by atoms with Gasteiger partial charge in [0.15, 0.2) is 11.5 Å². The second-order valence-corrected chi connectivity index (χ2v) is 5.18. The molecular formula is C15H24N2O2. The molecule has 1 saturated heterocycles. The highest BCUT2D eigenvalue weighted by Gasteiger charge is 2.30. The van der Waals surface area contributed by atoms with Crippen molar-refractivity contribution in [3.8, 4) is 11.5 Å². The summed E-state index contributed by atoms with van der Waals surface area (Å²) in [6, 6.07) is 6.55. The number of benzene rings is 1. The lowest BCUT2D eigenvalue weighted by Crippen LogP contribution is -2.39. The van der Waals surface area contributed by atoms with E-state index in [0.29, 0.717) is 12.0 Å². The van der Waals surface area contributed by atoms with Crippen LogP contribution >= 0.6 is 0 Å². The number of piperidine rings is 1. The van der Waals surface area contributed by atoms with Crippen molar-refractivity contribution in [2.75, 3.05) is 34.4 Å². The van der Waals surface area contributed by atoms with Gasteiger partial charge in [0.2, 0.25) is 0 Å². The minimum Gasteiger partial charge on any atom is -0.493 e. The van der Waals surface area contributed by atoms with Gasteiger partial charge in [-0.15, -0.1) is 0 Å². The lowest BCUT2D eigenvalue weighted by atomic mass is 9.85. The molecule has 0 radical (unpaired) electrons. The molecule has 106 valence electrons. The minimum atomic E-state index is 0.374. The average molecular weight is 264 g/mol. The molecule has 0 amide bonds. The van der Waals surface area contributed by atoms with Gasteiger partial charge in [-0.3, -0.25) is 4.90 Å². The predicted molar refractivity (Wildman–Crippen MR) is 76.7 cm³/mol. The van der Waals surface area contributed by atoms with Crippen molar-refractivity contribution in [3.63, 3.8) is 0 Å². The quantitative estimate of drug-likeness (QED) is 0.904. The lowest BCUT2D eigenvalue weighted by Gasteiger charge is -2.39. The molecule has 1 heterocycles. The standard InChI is InChI=1S/C15H24N2O2/c1-17-8-4-5-12(10-16)15(17)11-6-7-13(18-2)14(9-11)19-3/h6-7,9,12,15H,4-5,8,10,16H2,1-3H3. The Morgan fingerprint density at radius 1 is 1.26 bits per heavy atom. The summed E-state index contributed by atoms with van der Waals surface area (Å²) in [7, 11) is 5.50. The molecular weight excluding hydrogens is 240 g/mol. The summed E-state index contributed by atoms with van der Waals surface area (Å²) in [6.45, 7) is 1.85. The van der Waals surface area contributed by atoms with Crippen LogP contribution in [0.3, 0.4) is 0 Å². The SMILES string of the molecule is COc1ccc(C2C(CN)CCCN2C)cc1OC. The molecule has 4 heteroatoms. The van der Waals surface area contributed by atoms with Crippen molar-refractivity contribution in [3.05, 3.63) is 23.8 Å². The van der Waals surface area contributed by atoms with Gasteiger partial charge < -0.3 is 15.2 Å². The van der Waals surface area contributed by atoms with Crippen LogP contribution in [0.1, 0.15) is 24.4 Å². The second kappa shape index (κ2) is 6.26. The Balaban J connectivity index is 2.33. The minimum absolute atomic E-state index is 0.374. The van der Waals surface area contributed by atoms with E-state index >= 15 is 0 Å². The van der Waals surface area contributed by atoms with Gasteiger partial charge in [-0.1, -0.05) is 6.07 Å². The maximum absolute atomic E-state index is 5.94. The highest BCUT2D eigenvalue weighted by molar-refractivity contribution is 5.44. The smallest absolute Gasteiger partial charge is 0.161 e. The summed E-state index contributed by atoms with van der Waals surface area (Å²) in [4.78, 5) is 2.39. The molecule has 2 N–H and O–H groups in total. The number of hydrogen-bond acceptors (Lipinski definition) is 4. The highest BCUT2D eigenvalue weighted by atomic mass is 16.5. The molecule has 1 aliphatic heterocycles. The molecule has 1 aromatic carbocycles. The predicted octanol–water partition coefficient (Wildman–Crippen LogP) is 2.05. The van der Waals surface area contributed by atoms with Gasteiger partial charge in [0, 0.05) is 6.04 Å². The first-order valence-corrected chi connectivity index (χ1v) is 6.83. The number of nitrogens with zero attached hydrogens (tertiary/aromatic N) is 1. The summed E-state index contributed by atoms with van der Waals surface area (Å²) in [5.41, 5.74) is 7.20. The normalized spacial score (nSPS) is 24.2. The summed E-state index contributed by atoms with van der Waals surface area (Å²) in [6.07, 6.45) is 2.42. The van der Waals surface area contributed by atoms with E-state index in [4.69, 9.17) is 15.2 Å². The van der Waals surface area contributed by atoms with E-state index in [1.807, 2.05) is 6.07 Å². The largest absolute Gasteiger partial charge is 0.493 e. The van der Waals surface area contributed by atoms with Gasteiger partial charge >= 0.3 is 0 Å². The number of hydrogen-bond donors (Lipinski definition) is 1. The third-order valence-corrected chi connectivity index (χ3v) is 4.06. The van der Waals surface area contributed by atoms with E-state index in [9.17, 15) is 0 Å². The zero-order valence-corrected chi connectivity index (χ0v) is 12.1. The van der Waals surface area contributed by atoms with Gasteiger partial charge in [-0.05, 0) is 56.6 Å². The molecule has 2 unspecified atom stereocenters. The van der Waals surface area contributed by atoms with E-state index in [0.717, 1.165) is 24.6 Å². The van der Waals surface area contributed by atoms with Crippen LogP contribution in [0.5, 0.6) is 11.5 Å². The topological polar surface area (TPSA) is 47.7 Å². The summed E-state index contributed by atoms with van der Waals surface area (Å²) in [5.74, 6) is 2.07. The maximum atomic E-state index is 5.94. The first kappa shape index (κ1) is 14.2. The van der Waals surface area contributed by atoms with Crippen LogP contribution in [0.4, 0.5) is 0 Å². The first-order chi connectivity index (χ1) is 9.21.